The number of carbonyl (C=O) groups excluding carboxylic acids is 1. The van der Waals surface area contributed by atoms with Gasteiger partial charge in [-0.25, -0.2) is 0 Å². The lowest BCUT2D eigenvalue weighted by Gasteiger charge is -2.05. The molecule has 5 N–H and O–H groups in total. The Balaban J connectivity index is 2.66. The monoisotopic (exact) mass is 198 g/mol. The number of aliphatic hydroxyl groups is 1. The van der Waals surface area contributed by atoms with E-state index in [0.717, 1.165) is 0 Å². The molecule has 0 unspecified atom stereocenters. The molecule has 78 valence electrons. The molecule has 1 atom stereocenters. The minimum atomic E-state index is -0.583. The van der Waals surface area contributed by atoms with Crippen molar-refractivity contribution in [3.05, 3.63) is 11.4 Å². The second-order valence-corrected chi connectivity index (χ2v) is 3.17. The number of aromatic nitrogens is 2. The maximum atomic E-state index is 11.4. The molecule has 0 fully saturated rings. The van der Waals surface area contributed by atoms with Gasteiger partial charge in [0.1, 0.15) is 0 Å². The summed E-state index contributed by atoms with van der Waals surface area (Å²) in [7, 11) is 0. The zero-order chi connectivity index (χ0) is 10.7. The Hall–Kier alpha value is -1.56. The van der Waals surface area contributed by atoms with Gasteiger partial charge in [-0.05, 0) is 13.8 Å². The molecule has 6 nitrogen and oxygen atoms in total. The van der Waals surface area contributed by atoms with Gasteiger partial charge < -0.3 is 16.2 Å². The Kier molecular flexibility index (Phi) is 3.08. The maximum absolute atomic E-state index is 11.4. The quantitative estimate of drug-likeness (QED) is 0.521. The fraction of sp³-hybridized carbons (Fsp3) is 0.500. The molecule has 0 spiro atoms. The van der Waals surface area contributed by atoms with E-state index in [0.29, 0.717) is 11.4 Å². The number of nitrogens with two attached hydrogens (primary N) is 1. The predicted octanol–water partition coefficient (Wildman–Crippen LogP) is -0.589. The lowest BCUT2D eigenvalue weighted by Crippen LogP contribution is -2.31. The van der Waals surface area contributed by atoms with Crippen LogP contribution in [0.25, 0.3) is 0 Å². The van der Waals surface area contributed by atoms with E-state index in [9.17, 15) is 4.79 Å². The van der Waals surface area contributed by atoms with Crippen LogP contribution in [0.1, 0.15) is 23.1 Å². The summed E-state index contributed by atoms with van der Waals surface area (Å²) in [5.41, 5.74) is 6.76. The molecule has 0 aliphatic carbocycles. The molecule has 0 radical (unpaired) electrons. The third kappa shape index (κ3) is 2.23. The van der Waals surface area contributed by atoms with E-state index >= 15 is 0 Å². The third-order valence-corrected chi connectivity index (χ3v) is 1.77. The van der Waals surface area contributed by atoms with E-state index in [2.05, 4.69) is 15.5 Å². The number of nitrogens with zero attached hydrogens (tertiary/aromatic N) is 1. The first-order chi connectivity index (χ1) is 6.52. The second kappa shape index (κ2) is 4.10. The lowest BCUT2D eigenvalue weighted by atomic mass is 10.3. The first-order valence-corrected chi connectivity index (χ1v) is 4.29. The molecule has 1 heterocycles. The number of H-pyrrole nitrogens is 1. The van der Waals surface area contributed by atoms with Crippen LogP contribution in [-0.4, -0.2) is 33.9 Å². The van der Waals surface area contributed by atoms with Crippen LogP contribution in [0.4, 0.5) is 5.69 Å². The summed E-state index contributed by atoms with van der Waals surface area (Å²) in [6.45, 7) is 3.50. The molecule has 1 aromatic rings. The summed E-state index contributed by atoms with van der Waals surface area (Å²) in [6.07, 6.45) is -0.583. The van der Waals surface area contributed by atoms with Crippen LogP contribution in [0.15, 0.2) is 0 Å². The largest absolute Gasteiger partial charge is 0.395 e. The fourth-order valence-electron chi connectivity index (χ4n) is 0.935. The van der Waals surface area contributed by atoms with E-state index in [1.54, 1.807) is 13.8 Å². The van der Waals surface area contributed by atoms with E-state index in [4.69, 9.17) is 10.8 Å². The van der Waals surface area contributed by atoms with Crippen LogP contribution in [0, 0.1) is 6.92 Å². The highest BCUT2D eigenvalue weighted by Crippen LogP contribution is 2.11. The van der Waals surface area contributed by atoms with Crippen LogP contribution in [0.3, 0.4) is 0 Å². The van der Waals surface area contributed by atoms with Gasteiger partial charge in [0.15, 0.2) is 5.69 Å². The Morgan fingerprint density at radius 2 is 2.43 bits per heavy atom. The van der Waals surface area contributed by atoms with Crippen molar-refractivity contribution in [1.29, 1.82) is 0 Å². The van der Waals surface area contributed by atoms with Crippen LogP contribution < -0.4 is 11.1 Å². The van der Waals surface area contributed by atoms with Gasteiger partial charge in [-0.2, -0.15) is 5.10 Å². The molecule has 1 rings (SSSR count). The number of carbonyl (C=O) groups is 1. The highest BCUT2D eigenvalue weighted by atomic mass is 16.3. The van der Waals surface area contributed by atoms with Crippen molar-refractivity contribution < 1.29 is 9.90 Å². The first kappa shape index (κ1) is 10.5. The standard InChI is InChI=1S/C8H14N4O2/c1-4(13)3-10-8(14)7-6(9)5(2)11-12-7/h4,13H,3,9H2,1-2H3,(H,10,14)(H,11,12)/t4-/m0/s1. The van der Waals surface area contributed by atoms with Crippen molar-refractivity contribution >= 4 is 11.6 Å². The van der Waals surface area contributed by atoms with Crippen molar-refractivity contribution in [1.82, 2.24) is 15.5 Å². The number of hydrogen-bond acceptors (Lipinski definition) is 4. The third-order valence-electron chi connectivity index (χ3n) is 1.77. The van der Waals surface area contributed by atoms with Gasteiger partial charge >= 0.3 is 0 Å². The van der Waals surface area contributed by atoms with Crippen LogP contribution in [-0.2, 0) is 0 Å². The molecule has 6 heteroatoms. The second-order valence-electron chi connectivity index (χ2n) is 3.17. The first-order valence-electron chi connectivity index (χ1n) is 4.29. The molecule has 0 aliphatic heterocycles. The number of aryl methyl sites for hydroxylation is 1. The van der Waals surface area contributed by atoms with Crippen LogP contribution in [0.5, 0.6) is 0 Å². The number of aromatic amines is 1. The van der Waals surface area contributed by atoms with Crippen molar-refractivity contribution in [2.45, 2.75) is 20.0 Å². The Morgan fingerprint density at radius 1 is 1.79 bits per heavy atom. The Bertz CT molecular complexity index is 332. The maximum Gasteiger partial charge on any atom is 0.274 e. The number of rotatable bonds is 3. The SMILES string of the molecule is Cc1[nH]nc(C(=O)NC[C@H](C)O)c1N. The number of amides is 1. The highest BCUT2D eigenvalue weighted by Gasteiger charge is 2.14. The average Bonchev–Trinajstić information content (AvgIpc) is 2.44. The van der Waals surface area contributed by atoms with Gasteiger partial charge in [-0.1, -0.05) is 0 Å². The zero-order valence-corrected chi connectivity index (χ0v) is 8.16. The molecule has 0 bridgehead atoms. The molecule has 0 aliphatic rings. The molecule has 0 saturated heterocycles. The summed E-state index contributed by atoms with van der Waals surface area (Å²) in [5.74, 6) is -0.382. The van der Waals surface area contributed by atoms with Gasteiger partial charge in [0.05, 0.1) is 17.5 Å². The van der Waals surface area contributed by atoms with Gasteiger partial charge in [-0.3, -0.25) is 9.89 Å². The topological polar surface area (TPSA) is 104 Å². The summed E-state index contributed by atoms with van der Waals surface area (Å²) < 4.78 is 0. The van der Waals surface area contributed by atoms with Crippen molar-refractivity contribution in [3.8, 4) is 0 Å². The highest BCUT2D eigenvalue weighted by molar-refractivity contribution is 5.97. The van der Waals surface area contributed by atoms with Gasteiger partial charge in [0.25, 0.3) is 5.91 Å². The molecule has 1 amide bonds. The predicted molar refractivity (Wildman–Crippen MR) is 51.8 cm³/mol. The van der Waals surface area contributed by atoms with E-state index in [-0.39, 0.29) is 18.1 Å². The van der Waals surface area contributed by atoms with Crippen molar-refractivity contribution in [2.75, 3.05) is 12.3 Å². The normalized spacial score (nSPS) is 12.5. The minimum absolute atomic E-state index is 0.170. The molecule has 14 heavy (non-hydrogen) atoms. The Morgan fingerprint density at radius 3 is 2.86 bits per heavy atom. The van der Waals surface area contributed by atoms with E-state index < -0.39 is 6.10 Å². The van der Waals surface area contributed by atoms with Crippen molar-refractivity contribution in [3.63, 3.8) is 0 Å². The van der Waals surface area contributed by atoms with E-state index in [1.165, 1.54) is 0 Å². The van der Waals surface area contributed by atoms with Crippen LogP contribution >= 0.6 is 0 Å². The van der Waals surface area contributed by atoms with E-state index in [1.807, 2.05) is 0 Å². The smallest absolute Gasteiger partial charge is 0.274 e. The van der Waals surface area contributed by atoms with Crippen LogP contribution in [0.2, 0.25) is 0 Å². The molecule has 0 saturated carbocycles. The number of aliphatic hydroxyl groups excluding tert-OH is 1. The van der Waals surface area contributed by atoms with Gasteiger partial charge in [0, 0.05) is 6.54 Å². The van der Waals surface area contributed by atoms with Gasteiger partial charge in [-0.15, -0.1) is 0 Å². The Labute approximate surface area is 81.5 Å². The zero-order valence-electron chi connectivity index (χ0n) is 8.16. The summed E-state index contributed by atoms with van der Waals surface area (Å²) >= 11 is 0. The van der Waals surface area contributed by atoms with Gasteiger partial charge in [0.2, 0.25) is 0 Å². The summed E-state index contributed by atoms with van der Waals surface area (Å²) in [6, 6.07) is 0. The molecule has 0 aromatic carbocycles. The fourth-order valence-corrected chi connectivity index (χ4v) is 0.935. The number of nitrogen functional groups attached to an aromatic ring is 1. The van der Waals surface area contributed by atoms with Crippen molar-refractivity contribution in [2.24, 2.45) is 0 Å². The number of nitrogens with one attached hydrogen (secondary N) is 2. The summed E-state index contributed by atoms with van der Waals surface area (Å²) in [4.78, 5) is 11.4. The average molecular weight is 198 g/mol. The number of hydrogen-bond donors (Lipinski definition) is 4. The number of anilines is 1. The molecular weight excluding hydrogens is 184 g/mol. The molecular formula is C8H14N4O2. The summed E-state index contributed by atoms with van der Waals surface area (Å²) in [5, 5.41) is 17.8. The minimum Gasteiger partial charge on any atom is -0.395 e. The lowest BCUT2D eigenvalue weighted by molar-refractivity contribution is 0.0920. The molecule has 1 aromatic heterocycles.